The molecule has 3 aliphatic rings. The topological polar surface area (TPSA) is 56.3 Å². The van der Waals surface area contributed by atoms with E-state index in [4.69, 9.17) is 4.74 Å². The van der Waals surface area contributed by atoms with E-state index < -0.39 is 0 Å². The van der Waals surface area contributed by atoms with Gasteiger partial charge in [0.05, 0.1) is 32.3 Å². The number of hydrogen-bond acceptors (Lipinski definition) is 6. The molecule has 29 heavy (non-hydrogen) atoms. The van der Waals surface area contributed by atoms with Crippen molar-refractivity contribution in [2.24, 2.45) is 0 Å². The van der Waals surface area contributed by atoms with Gasteiger partial charge in [-0.25, -0.2) is 0 Å². The largest absolute Gasteiger partial charge is 0.378 e. The molecule has 1 aromatic heterocycles. The van der Waals surface area contributed by atoms with Gasteiger partial charge in [0.2, 0.25) is 11.8 Å². The number of amides is 2. The highest BCUT2D eigenvalue weighted by Crippen LogP contribution is 2.35. The molecule has 2 saturated heterocycles. The third-order valence-electron chi connectivity index (χ3n) is 6.35. The summed E-state index contributed by atoms with van der Waals surface area (Å²) < 4.78 is 5.32. The van der Waals surface area contributed by atoms with E-state index in [1.807, 2.05) is 16.2 Å². The minimum Gasteiger partial charge on any atom is -0.378 e. The van der Waals surface area contributed by atoms with Crippen LogP contribution < -0.4 is 0 Å². The Balaban J connectivity index is 1.24. The maximum absolute atomic E-state index is 13.0. The Hall–Kier alpha value is -1.48. The fourth-order valence-electron chi connectivity index (χ4n) is 4.63. The number of carbonyl (C=O) groups excluding carboxylic acids is 2. The fraction of sp³-hybridized carbons (Fsp3) is 0.714. The van der Waals surface area contributed by atoms with E-state index in [-0.39, 0.29) is 17.9 Å². The van der Waals surface area contributed by atoms with Crippen LogP contribution in [-0.4, -0.2) is 104 Å². The van der Waals surface area contributed by atoms with E-state index in [0.29, 0.717) is 39.4 Å². The number of fused-ring (bicyclic) bond motifs is 1. The van der Waals surface area contributed by atoms with Crippen molar-refractivity contribution in [3.8, 4) is 0 Å². The highest BCUT2D eigenvalue weighted by Gasteiger charge is 2.31. The summed E-state index contributed by atoms with van der Waals surface area (Å²) in [6.07, 6.45) is 1.94. The number of piperazine rings is 1. The van der Waals surface area contributed by atoms with Crippen LogP contribution in [0.5, 0.6) is 0 Å². The van der Waals surface area contributed by atoms with E-state index in [9.17, 15) is 9.59 Å². The SMILES string of the molecule is CC[C@H]1c2ccsc2CCN1C(=O)CN1CCN(CC(=O)N2CCOCC2)CC1. The van der Waals surface area contributed by atoms with E-state index >= 15 is 0 Å². The number of thiophene rings is 1. The zero-order valence-corrected chi connectivity index (χ0v) is 18.2. The Kier molecular flexibility index (Phi) is 6.85. The van der Waals surface area contributed by atoms with Crippen LogP contribution in [0.25, 0.3) is 0 Å². The summed E-state index contributed by atoms with van der Waals surface area (Å²) in [6.45, 7) is 10.0. The molecule has 160 valence electrons. The van der Waals surface area contributed by atoms with Gasteiger partial charge in [0, 0.05) is 50.7 Å². The van der Waals surface area contributed by atoms with Crippen molar-refractivity contribution in [3.63, 3.8) is 0 Å². The second kappa shape index (κ2) is 9.55. The van der Waals surface area contributed by atoms with Crippen molar-refractivity contribution < 1.29 is 14.3 Å². The maximum Gasteiger partial charge on any atom is 0.237 e. The minimum atomic E-state index is 0.198. The minimum absolute atomic E-state index is 0.198. The molecule has 0 radical (unpaired) electrons. The third-order valence-corrected chi connectivity index (χ3v) is 7.34. The zero-order chi connectivity index (χ0) is 20.2. The summed E-state index contributed by atoms with van der Waals surface area (Å²) in [7, 11) is 0. The first-order valence-electron chi connectivity index (χ1n) is 10.8. The highest BCUT2D eigenvalue weighted by molar-refractivity contribution is 7.10. The Morgan fingerprint density at radius 1 is 1.00 bits per heavy atom. The monoisotopic (exact) mass is 420 g/mol. The van der Waals surface area contributed by atoms with Gasteiger partial charge in [-0.1, -0.05) is 6.92 Å². The molecule has 0 bridgehead atoms. The van der Waals surface area contributed by atoms with Crippen LogP contribution in [0, 0.1) is 0 Å². The molecule has 3 aliphatic heterocycles. The molecule has 7 nitrogen and oxygen atoms in total. The Bertz CT molecular complexity index is 711. The van der Waals surface area contributed by atoms with Gasteiger partial charge in [-0.05, 0) is 29.9 Å². The van der Waals surface area contributed by atoms with Gasteiger partial charge in [0.1, 0.15) is 0 Å². The first kappa shape index (κ1) is 20.8. The van der Waals surface area contributed by atoms with Crippen molar-refractivity contribution in [1.29, 1.82) is 0 Å². The average molecular weight is 421 g/mol. The van der Waals surface area contributed by atoms with Gasteiger partial charge in [-0.15, -0.1) is 11.3 Å². The second-order valence-electron chi connectivity index (χ2n) is 8.11. The van der Waals surface area contributed by atoms with E-state index in [1.54, 1.807) is 0 Å². The maximum atomic E-state index is 13.0. The normalized spacial score (nSPS) is 23.8. The Morgan fingerprint density at radius 3 is 2.31 bits per heavy atom. The molecule has 1 atom stereocenters. The fourth-order valence-corrected chi connectivity index (χ4v) is 5.56. The molecule has 0 saturated carbocycles. The van der Waals surface area contributed by atoms with Gasteiger partial charge < -0.3 is 14.5 Å². The standard InChI is InChI=1S/C21H32N4O3S/c1-2-18-17-4-14-29-19(17)3-5-25(18)21(27)16-23-8-6-22(7-9-23)15-20(26)24-10-12-28-13-11-24/h4,14,18H,2-3,5-13,15-16H2,1H3/t18-/m0/s1. The quantitative estimate of drug-likeness (QED) is 0.713. The molecule has 4 heterocycles. The third kappa shape index (κ3) is 4.82. The number of carbonyl (C=O) groups is 2. The molecule has 0 unspecified atom stereocenters. The van der Waals surface area contributed by atoms with Crippen molar-refractivity contribution in [1.82, 2.24) is 19.6 Å². The molecule has 2 fully saturated rings. The molecule has 0 aliphatic carbocycles. The van der Waals surface area contributed by atoms with Crippen LogP contribution in [-0.2, 0) is 20.7 Å². The summed E-state index contributed by atoms with van der Waals surface area (Å²) >= 11 is 1.82. The summed E-state index contributed by atoms with van der Waals surface area (Å²) in [4.78, 5) is 35.4. The number of nitrogens with zero attached hydrogens (tertiary/aromatic N) is 4. The summed E-state index contributed by atoms with van der Waals surface area (Å²) in [5, 5.41) is 2.15. The summed E-state index contributed by atoms with van der Waals surface area (Å²) in [5.41, 5.74) is 1.35. The number of rotatable bonds is 5. The first-order chi connectivity index (χ1) is 14.2. The number of hydrogen-bond donors (Lipinski definition) is 0. The van der Waals surface area contributed by atoms with Gasteiger partial charge in [0.25, 0.3) is 0 Å². The molecular weight excluding hydrogens is 388 g/mol. The van der Waals surface area contributed by atoms with E-state index in [1.165, 1.54) is 10.4 Å². The molecule has 4 rings (SSSR count). The molecule has 0 spiro atoms. The summed E-state index contributed by atoms with van der Waals surface area (Å²) in [5.74, 6) is 0.440. The highest BCUT2D eigenvalue weighted by atomic mass is 32.1. The van der Waals surface area contributed by atoms with Gasteiger partial charge >= 0.3 is 0 Å². The van der Waals surface area contributed by atoms with Gasteiger partial charge in [0.15, 0.2) is 0 Å². The van der Waals surface area contributed by atoms with Gasteiger partial charge in [-0.2, -0.15) is 0 Å². The Morgan fingerprint density at radius 2 is 1.66 bits per heavy atom. The zero-order valence-electron chi connectivity index (χ0n) is 17.3. The molecular formula is C21H32N4O3S. The van der Waals surface area contributed by atoms with Crippen LogP contribution in [0.3, 0.4) is 0 Å². The molecule has 8 heteroatoms. The first-order valence-corrected chi connectivity index (χ1v) is 11.7. The Labute approximate surface area is 177 Å². The van der Waals surface area contributed by atoms with Crippen LogP contribution in [0.2, 0.25) is 0 Å². The van der Waals surface area contributed by atoms with E-state index in [0.717, 1.165) is 45.6 Å². The van der Waals surface area contributed by atoms with Crippen LogP contribution >= 0.6 is 11.3 Å². The molecule has 0 N–H and O–H groups in total. The van der Waals surface area contributed by atoms with Crippen molar-refractivity contribution >= 4 is 23.2 Å². The smallest absolute Gasteiger partial charge is 0.237 e. The summed E-state index contributed by atoms with van der Waals surface area (Å²) in [6, 6.07) is 2.42. The lowest BCUT2D eigenvalue weighted by molar-refractivity contribution is -0.138. The second-order valence-corrected chi connectivity index (χ2v) is 9.11. The van der Waals surface area contributed by atoms with Crippen molar-refractivity contribution in [2.45, 2.75) is 25.8 Å². The lowest BCUT2D eigenvalue weighted by atomic mass is 9.97. The molecule has 2 amide bonds. The van der Waals surface area contributed by atoms with Crippen molar-refractivity contribution in [2.75, 3.05) is 72.1 Å². The van der Waals surface area contributed by atoms with Gasteiger partial charge in [-0.3, -0.25) is 19.4 Å². The molecule has 0 aromatic carbocycles. The molecule has 1 aromatic rings. The van der Waals surface area contributed by atoms with Crippen LogP contribution in [0.15, 0.2) is 11.4 Å². The van der Waals surface area contributed by atoms with Crippen LogP contribution in [0.4, 0.5) is 0 Å². The number of ether oxygens (including phenoxy) is 1. The lowest BCUT2D eigenvalue weighted by Gasteiger charge is -2.39. The predicted octanol–water partition coefficient (Wildman–Crippen LogP) is 1.06. The van der Waals surface area contributed by atoms with Crippen LogP contribution in [0.1, 0.15) is 29.8 Å². The van der Waals surface area contributed by atoms with E-state index in [2.05, 4.69) is 33.1 Å². The lowest BCUT2D eigenvalue weighted by Crippen LogP contribution is -2.53. The predicted molar refractivity (Wildman–Crippen MR) is 113 cm³/mol. The number of morpholine rings is 1. The average Bonchev–Trinajstić information content (AvgIpc) is 3.24. The van der Waals surface area contributed by atoms with Crippen molar-refractivity contribution in [3.05, 3.63) is 21.9 Å².